The van der Waals surface area contributed by atoms with E-state index in [4.69, 9.17) is 23.7 Å². The van der Waals surface area contributed by atoms with Crippen molar-refractivity contribution in [2.45, 2.75) is 61.0 Å². The number of hydrogen-bond acceptors (Lipinski definition) is 14. The first-order chi connectivity index (χ1) is 24.0. The van der Waals surface area contributed by atoms with Crippen LogP contribution in [0.2, 0.25) is 0 Å². The van der Waals surface area contributed by atoms with Crippen LogP contribution in [0.1, 0.15) is 25.9 Å². The first-order valence-electron chi connectivity index (χ1n) is 15.3. The van der Waals surface area contributed by atoms with Crippen LogP contribution in [0.5, 0.6) is 0 Å². The fourth-order valence-electron chi connectivity index (χ4n) is 5.83. The number of carbonyl (C=O) groups is 2. The van der Waals surface area contributed by atoms with Gasteiger partial charge in [0.15, 0.2) is 23.6 Å². The largest absolute Gasteiger partial charge is 0.463 e. The molecule has 1 aromatic carbocycles. The summed E-state index contributed by atoms with van der Waals surface area (Å²) in [6.07, 6.45) is 0.386. The van der Waals surface area contributed by atoms with Crippen molar-refractivity contribution in [3.8, 4) is 22.6 Å². The molecule has 4 aromatic rings. The summed E-state index contributed by atoms with van der Waals surface area (Å²) >= 11 is 1.17. The molecule has 1 N–H and O–H groups in total. The molecule has 6 rings (SSSR count). The molecule has 2 saturated heterocycles. The van der Waals surface area contributed by atoms with E-state index in [1.54, 1.807) is 24.5 Å². The van der Waals surface area contributed by atoms with Crippen molar-refractivity contribution in [3.63, 3.8) is 0 Å². The van der Waals surface area contributed by atoms with Crippen molar-refractivity contribution in [2.24, 2.45) is 0 Å². The standard InChI is InChI=1S/C31H32F3N7O8S/c1-15(42)47-13-24-29(48-16(2)43)27(41-10-21(36-39-41)17-8-18(32)26(34)19(33)9-17)30(45-3)31(49-24)50-25-14-46-12-23(28(25)44)40-11-22(37-38-40)20-6-4-5-7-35-20/h4-11,23-25,27-31,44H,12-14H2,1-3H3/t23-,24+,25+,27-,28+,29-,30+,31-/m0/s1. The minimum atomic E-state index is -1.64. The third kappa shape index (κ3) is 7.51. The predicted molar refractivity (Wildman–Crippen MR) is 167 cm³/mol. The van der Waals surface area contributed by atoms with E-state index in [9.17, 15) is 27.9 Å². The number of esters is 2. The molecule has 50 heavy (non-hydrogen) atoms. The van der Waals surface area contributed by atoms with Gasteiger partial charge < -0.3 is 28.8 Å². The second-order valence-corrected chi connectivity index (χ2v) is 12.9. The van der Waals surface area contributed by atoms with Crippen molar-refractivity contribution >= 4 is 23.7 Å². The van der Waals surface area contributed by atoms with Crippen molar-refractivity contribution in [2.75, 3.05) is 26.9 Å². The van der Waals surface area contributed by atoms with Gasteiger partial charge in [0.25, 0.3) is 0 Å². The van der Waals surface area contributed by atoms with Crippen LogP contribution in [0.15, 0.2) is 48.9 Å². The zero-order valence-electron chi connectivity index (χ0n) is 26.8. The molecule has 5 heterocycles. The van der Waals surface area contributed by atoms with Gasteiger partial charge in [0.05, 0.1) is 42.7 Å². The highest BCUT2D eigenvalue weighted by molar-refractivity contribution is 8.00. The third-order valence-corrected chi connectivity index (χ3v) is 9.58. The molecule has 0 spiro atoms. The maximum atomic E-state index is 14.1. The molecule has 15 nitrogen and oxygen atoms in total. The van der Waals surface area contributed by atoms with Crippen LogP contribution < -0.4 is 0 Å². The summed E-state index contributed by atoms with van der Waals surface area (Å²) in [6, 6.07) is 5.27. The lowest BCUT2D eigenvalue weighted by atomic mass is 9.96. The van der Waals surface area contributed by atoms with Crippen LogP contribution >= 0.6 is 11.8 Å². The monoisotopic (exact) mass is 719 g/mol. The molecular formula is C31H32F3N7O8S. The highest BCUT2D eigenvalue weighted by Crippen LogP contribution is 2.42. The van der Waals surface area contributed by atoms with Crippen LogP contribution in [0.25, 0.3) is 22.6 Å². The highest BCUT2D eigenvalue weighted by atomic mass is 32.2. The number of aliphatic hydroxyl groups excluding tert-OH is 1. The number of ether oxygens (including phenoxy) is 5. The quantitative estimate of drug-likeness (QED) is 0.187. The summed E-state index contributed by atoms with van der Waals surface area (Å²) in [6.45, 7) is 2.30. The third-order valence-electron chi connectivity index (χ3n) is 8.17. The average Bonchev–Trinajstić information content (AvgIpc) is 3.79. The molecule has 2 fully saturated rings. The molecule has 0 bridgehead atoms. The van der Waals surface area contributed by atoms with Gasteiger partial charge in [-0.05, 0) is 24.3 Å². The van der Waals surface area contributed by atoms with Gasteiger partial charge >= 0.3 is 11.9 Å². The van der Waals surface area contributed by atoms with Gasteiger partial charge in [-0.15, -0.1) is 22.0 Å². The smallest absolute Gasteiger partial charge is 0.303 e. The SMILES string of the molecule is CO[C@@H]1[C@@H](n2cc(-c3cc(F)c(F)c(F)c3)nn2)[C@@H](OC(C)=O)[C@@H](COC(C)=O)O[C@H]1S[C@@H]1COC[C@H](n2cc(-c3ccccn3)nn2)[C@H]1O. The van der Waals surface area contributed by atoms with Crippen molar-refractivity contribution in [1.29, 1.82) is 0 Å². The normalized spacial score (nSPS) is 26.8. The van der Waals surface area contributed by atoms with E-state index in [0.717, 1.165) is 12.1 Å². The molecule has 3 aromatic heterocycles. The lowest BCUT2D eigenvalue weighted by Crippen LogP contribution is -2.58. The summed E-state index contributed by atoms with van der Waals surface area (Å²) in [7, 11) is 1.39. The van der Waals surface area contributed by atoms with E-state index >= 15 is 0 Å². The summed E-state index contributed by atoms with van der Waals surface area (Å²) < 4.78 is 73.7. The van der Waals surface area contributed by atoms with E-state index in [1.165, 1.54) is 48.3 Å². The van der Waals surface area contributed by atoms with Crippen molar-refractivity contribution in [3.05, 3.63) is 66.4 Å². The zero-order chi connectivity index (χ0) is 35.5. The van der Waals surface area contributed by atoms with E-state index < -0.39 is 76.6 Å². The number of hydrogen-bond donors (Lipinski definition) is 1. The number of rotatable bonds is 10. The number of methoxy groups -OCH3 is 1. The minimum Gasteiger partial charge on any atom is -0.463 e. The Hall–Kier alpha value is -4.43. The van der Waals surface area contributed by atoms with Crippen LogP contribution in [0, 0.1) is 17.5 Å². The van der Waals surface area contributed by atoms with Gasteiger partial charge in [0, 0.05) is 32.7 Å². The summed E-state index contributed by atoms with van der Waals surface area (Å²) in [5, 5.41) is 27.5. The molecule has 2 aliphatic heterocycles. The molecule has 266 valence electrons. The minimum absolute atomic E-state index is 0.0247. The average molecular weight is 720 g/mol. The first kappa shape index (κ1) is 35.4. The van der Waals surface area contributed by atoms with Crippen molar-refractivity contribution < 1.29 is 51.6 Å². The number of halogens is 3. The fourth-order valence-corrected chi connectivity index (χ4v) is 7.33. The van der Waals surface area contributed by atoms with Gasteiger partial charge in [0.1, 0.15) is 47.7 Å². The maximum absolute atomic E-state index is 14.1. The van der Waals surface area contributed by atoms with Crippen LogP contribution in [0.4, 0.5) is 13.2 Å². The van der Waals surface area contributed by atoms with Gasteiger partial charge in [-0.1, -0.05) is 16.5 Å². The molecule has 8 atom stereocenters. The summed E-state index contributed by atoms with van der Waals surface area (Å²) in [5.74, 6) is -5.79. The Kier molecular flexibility index (Phi) is 10.8. The Balaban J connectivity index is 1.30. The second-order valence-electron chi connectivity index (χ2n) is 11.5. The predicted octanol–water partition coefficient (Wildman–Crippen LogP) is 2.53. The van der Waals surface area contributed by atoms with Crippen molar-refractivity contribution in [1.82, 2.24) is 35.0 Å². The molecule has 0 amide bonds. The lowest BCUT2D eigenvalue weighted by molar-refractivity contribution is -0.208. The zero-order valence-corrected chi connectivity index (χ0v) is 27.7. The molecule has 0 saturated carbocycles. The number of thioether (sulfide) groups is 1. The number of carbonyl (C=O) groups excluding carboxylic acids is 2. The molecule has 0 aliphatic carbocycles. The van der Waals surface area contributed by atoms with Crippen LogP contribution in [0.3, 0.4) is 0 Å². The van der Waals surface area contributed by atoms with Gasteiger partial charge in [-0.3, -0.25) is 14.6 Å². The topological polar surface area (TPSA) is 175 Å². The molecular weight excluding hydrogens is 687 g/mol. The summed E-state index contributed by atoms with van der Waals surface area (Å²) in [5.41, 5.74) is 0.0602. The number of pyridine rings is 1. The van der Waals surface area contributed by atoms with Crippen LogP contribution in [-0.2, 0) is 33.3 Å². The van der Waals surface area contributed by atoms with E-state index in [-0.39, 0.29) is 31.1 Å². The van der Waals surface area contributed by atoms with Gasteiger partial charge in [-0.2, -0.15) is 0 Å². The lowest BCUT2D eigenvalue weighted by Gasteiger charge is -2.46. The van der Waals surface area contributed by atoms with Crippen LogP contribution in [-0.4, -0.2) is 114 Å². The number of benzene rings is 1. The molecule has 0 unspecified atom stereocenters. The molecule has 2 aliphatic rings. The van der Waals surface area contributed by atoms with E-state index in [0.29, 0.717) is 11.4 Å². The Morgan fingerprint density at radius 2 is 1.70 bits per heavy atom. The Morgan fingerprint density at radius 3 is 2.38 bits per heavy atom. The Bertz CT molecular complexity index is 1790. The number of nitrogens with zero attached hydrogens (tertiary/aromatic N) is 7. The highest BCUT2D eigenvalue weighted by Gasteiger charge is 2.52. The van der Waals surface area contributed by atoms with Gasteiger partial charge in [-0.25, -0.2) is 22.5 Å². The number of aromatic nitrogens is 7. The van der Waals surface area contributed by atoms with E-state index in [1.807, 2.05) is 6.07 Å². The second kappa shape index (κ2) is 15.2. The first-order valence-corrected chi connectivity index (χ1v) is 16.3. The van der Waals surface area contributed by atoms with Gasteiger partial charge in [0.2, 0.25) is 0 Å². The van der Waals surface area contributed by atoms with E-state index in [2.05, 4.69) is 25.6 Å². The Morgan fingerprint density at radius 1 is 0.980 bits per heavy atom. The Labute approximate surface area is 287 Å². The maximum Gasteiger partial charge on any atom is 0.303 e. The fraction of sp³-hybridized carbons (Fsp3) is 0.452. The molecule has 19 heteroatoms. The molecule has 0 radical (unpaired) electrons. The number of aliphatic hydroxyl groups is 1. The summed E-state index contributed by atoms with van der Waals surface area (Å²) in [4.78, 5) is 28.5.